The molecule has 2 amide bonds. The van der Waals surface area contributed by atoms with Crippen LogP contribution in [0.25, 0.3) is 0 Å². The molecule has 0 N–H and O–H groups in total. The Hall–Kier alpha value is -2.44. The van der Waals surface area contributed by atoms with Gasteiger partial charge < -0.3 is 9.80 Å². The Labute approximate surface area is 172 Å². The van der Waals surface area contributed by atoms with Crippen molar-refractivity contribution in [3.63, 3.8) is 0 Å². The topological polar surface area (TPSA) is 40.6 Å². The molecule has 0 bridgehead atoms. The van der Waals surface area contributed by atoms with Gasteiger partial charge in [0.05, 0.1) is 6.04 Å². The molecule has 0 radical (unpaired) electrons. The summed E-state index contributed by atoms with van der Waals surface area (Å²) >= 11 is 3.47. The molecule has 2 aliphatic rings. The lowest BCUT2D eigenvalue weighted by molar-refractivity contribution is -0.117. The maximum Gasteiger partial charge on any atom is 0.254 e. The van der Waals surface area contributed by atoms with Crippen molar-refractivity contribution in [1.29, 1.82) is 0 Å². The maximum atomic E-state index is 13.5. The number of benzene rings is 1. The predicted molar refractivity (Wildman–Crippen MR) is 113 cm³/mol. The van der Waals surface area contributed by atoms with Gasteiger partial charge in [0.2, 0.25) is 5.91 Å². The summed E-state index contributed by atoms with van der Waals surface area (Å²) < 4.78 is 0. The van der Waals surface area contributed by atoms with Crippen LogP contribution in [-0.4, -0.2) is 29.8 Å². The standard InChI is InChI=1S/C22H20N2O2S2/c25-20-7-2-10-23(20)16-5-1-4-15(14-16)22(26)24-11-8-18-17(9-13-28-18)21(24)19-6-3-12-27-19/h1,3-6,9,12-14,21H,2,7-8,10-11H2/t21-/m1/s1. The second-order valence-electron chi connectivity index (χ2n) is 7.16. The monoisotopic (exact) mass is 408 g/mol. The van der Waals surface area contributed by atoms with E-state index in [-0.39, 0.29) is 17.9 Å². The Kier molecular flexibility index (Phi) is 4.53. The molecule has 0 spiro atoms. The summed E-state index contributed by atoms with van der Waals surface area (Å²) in [5.41, 5.74) is 2.73. The van der Waals surface area contributed by atoms with E-state index in [1.807, 2.05) is 35.2 Å². The molecule has 1 aromatic carbocycles. The fraction of sp³-hybridized carbons (Fsp3) is 0.273. The van der Waals surface area contributed by atoms with Gasteiger partial charge in [-0.1, -0.05) is 12.1 Å². The highest BCUT2D eigenvalue weighted by Crippen LogP contribution is 2.40. The average molecular weight is 409 g/mol. The number of hydrogen-bond donors (Lipinski definition) is 0. The highest BCUT2D eigenvalue weighted by atomic mass is 32.1. The van der Waals surface area contributed by atoms with Crippen LogP contribution < -0.4 is 4.90 Å². The van der Waals surface area contributed by atoms with Crippen LogP contribution in [0, 0.1) is 0 Å². The molecule has 0 saturated carbocycles. The van der Waals surface area contributed by atoms with E-state index >= 15 is 0 Å². The van der Waals surface area contributed by atoms with Gasteiger partial charge in [-0.15, -0.1) is 22.7 Å². The second-order valence-corrected chi connectivity index (χ2v) is 9.14. The molecule has 0 unspecified atom stereocenters. The van der Waals surface area contributed by atoms with Crippen LogP contribution in [-0.2, 0) is 11.2 Å². The number of fused-ring (bicyclic) bond motifs is 1. The van der Waals surface area contributed by atoms with E-state index in [4.69, 9.17) is 0 Å². The van der Waals surface area contributed by atoms with Gasteiger partial charge in [-0.05, 0) is 59.5 Å². The van der Waals surface area contributed by atoms with Crippen LogP contribution in [0.4, 0.5) is 5.69 Å². The first-order valence-corrected chi connectivity index (χ1v) is 11.3. The number of rotatable bonds is 3. The average Bonchev–Trinajstić information content (AvgIpc) is 3.48. The molecule has 2 aliphatic heterocycles. The highest BCUT2D eigenvalue weighted by Gasteiger charge is 2.34. The van der Waals surface area contributed by atoms with E-state index in [1.54, 1.807) is 27.6 Å². The third kappa shape index (κ3) is 2.97. The van der Waals surface area contributed by atoms with Crippen molar-refractivity contribution in [2.75, 3.05) is 18.0 Å². The summed E-state index contributed by atoms with van der Waals surface area (Å²) in [6.07, 6.45) is 2.36. The van der Waals surface area contributed by atoms with Gasteiger partial charge in [-0.2, -0.15) is 0 Å². The van der Waals surface area contributed by atoms with Gasteiger partial charge in [0.1, 0.15) is 0 Å². The molecular formula is C22H20N2O2S2. The maximum absolute atomic E-state index is 13.5. The molecule has 6 heteroatoms. The SMILES string of the molecule is O=C1CCCN1c1cccc(C(=O)N2CCc3sccc3[C@@H]2c2cccs2)c1. The number of anilines is 1. The lowest BCUT2D eigenvalue weighted by atomic mass is 9.97. The quantitative estimate of drug-likeness (QED) is 0.629. The van der Waals surface area contributed by atoms with Crippen molar-refractivity contribution in [3.8, 4) is 0 Å². The van der Waals surface area contributed by atoms with Crippen molar-refractivity contribution in [1.82, 2.24) is 4.90 Å². The Morgan fingerprint density at radius 2 is 1.93 bits per heavy atom. The second kappa shape index (κ2) is 7.18. The van der Waals surface area contributed by atoms with E-state index < -0.39 is 0 Å². The molecule has 3 aromatic rings. The van der Waals surface area contributed by atoms with Crippen LogP contribution in [0.2, 0.25) is 0 Å². The van der Waals surface area contributed by atoms with E-state index in [2.05, 4.69) is 22.9 Å². The molecule has 4 heterocycles. The molecule has 28 heavy (non-hydrogen) atoms. The molecule has 2 aromatic heterocycles. The minimum Gasteiger partial charge on any atom is -0.326 e. The summed E-state index contributed by atoms with van der Waals surface area (Å²) in [6.45, 7) is 1.44. The van der Waals surface area contributed by atoms with Crippen molar-refractivity contribution in [3.05, 3.63) is 74.1 Å². The van der Waals surface area contributed by atoms with Crippen molar-refractivity contribution in [2.24, 2.45) is 0 Å². The van der Waals surface area contributed by atoms with E-state index in [0.29, 0.717) is 18.5 Å². The fourth-order valence-electron chi connectivity index (χ4n) is 4.18. The van der Waals surface area contributed by atoms with Gasteiger partial charge in [0, 0.05) is 40.5 Å². The van der Waals surface area contributed by atoms with E-state index in [1.165, 1.54) is 15.3 Å². The molecular weight excluding hydrogens is 388 g/mol. The number of carbonyl (C=O) groups is 2. The Balaban J connectivity index is 1.50. The third-order valence-corrected chi connectivity index (χ3v) is 7.44. The fourth-order valence-corrected chi connectivity index (χ4v) is 5.94. The zero-order valence-electron chi connectivity index (χ0n) is 15.3. The first-order chi connectivity index (χ1) is 13.7. The molecule has 1 saturated heterocycles. The number of carbonyl (C=O) groups excluding carboxylic acids is 2. The number of amides is 2. The van der Waals surface area contributed by atoms with Crippen LogP contribution in [0.15, 0.2) is 53.2 Å². The van der Waals surface area contributed by atoms with Gasteiger partial charge in [0.15, 0.2) is 0 Å². The molecule has 4 nitrogen and oxygen atoms in total. The minimum absolute atomic E-state index is 0.0282. The first-order valence-electron chi connectivity index (χ1n) is 9.53. The zero-order chi connectivity index (χ0) is 19.1. The van der Waals surface area contributed by atoms with Crippen LogP contribution >= 0.6 is 22.7 Å². The van der Waals surface area contributed by atoms with E-state index in [9.17, 15) is 9.59 Å². The molecule has 142 valence electrons. The summed E-state index contributed by atoms with van der Waals surface area (Å²) in [5.74, 6) is 0.172. The summed E-state index contributed by atoms with van der Waals surface area (Å²) in [5, 5.41) is 4.19. The summed E-state index contributed by atoms with van der Waals surface area (Å²) in [4.78, 5) is 32.0. The largest absolute Gasteiger partial charge is 0.326 e. The molecule has 5 rings (SSSR count). The zero-order valence-corrected chi connectivity index (χ0v) is 17.0. The van der Waals surface area contributed by atoms with E-state index in [0.717, 1.165) is 25.1 Å². The van der Waals surface area contributed by atoms with Gasteiger partial charge in [-0.3, -0.25) is 9.59 Å². The Morgan fingerprint density at radius 1 is 1.00 bits per heavy atom. The lowest BCUT2D eigenvalue weighted by Gasteiger charge is -2.35. The van der Waals surface area contributed by atoms with Crippen molar-refractivity contribution in [2.45, 2.75) is 25.3 Å². The van der Waals surface area contributed by atoms with Gasteiger partial charge in [0.25, 0.3) is 5.91 Å². The number of hydrogen-bond acceptors (Lipinski definition) is 4. The third-order valence-electron chi connectivity index (χ3n) is 5.52. The predicted octanol–water partition coefficient (Wildman–Crippen LogP) is 4.72. The van der Waals surface area contributed by atoms with Gasteiger partial charge >= 0.3 is 0 Å². The molecule has 1 atom stereocenters. The molecule has 0 aliphatic carbocycles. The summed E-state index contributed by atoms with van der Waals surface area (Å²) in [6, 6.07) is 13.8. The smallest absolute Gasteiger partial charge is 0.254 e. The minimum atomic E-state index is -0.0282. The van der Waals surface area contributed by atoms with Gasteiger partial charge in [-0.25, -0.2) is 0 Å². The van der Waals surface area contributed by atoms with Crippen LogP contribution in [0.3, 0.4) is 0 Å². The Bertz CT molecular complexity index is 1020. The summed E-state index contributed by atoms with van der Waals surface area (Å²) in [7, 11) is 0. The number of nitrogens with zero attached hydrogens (tertiary/aromatic N) is 2. The number of thiophene rings is 2. The van der Waals surface area contributed by atoms with Crippen LogP contribution in [0.1, 0.15) is 44.6 Å². The Morgan fingerprint density at radius 3 is 2.71 bits per heavy atom. The lowest BCUT2D eigenvalue weighted by Crippen LogP contribution is -2.39. The highest BCUT2D eigenvalue weighted by molar-refractivity contribution is 7.10. The molecule has 1 fully saturated rings. The van der Waals surface area contributed by atoms with Crippen LogP contribution in [0.5, 0.6) is 0 Å². The first kappa shape index (κ1) is 17.6. The normalized spacial score (nSPS) is 19.1. The van der Waals surface area contributed by atoms with Crippen molar-refractivity contribution >= 4 is 40.2 Å². The van der Waals surface area contributed by atoms with Crippen molar-refractivity contribution < 1.29 is 9.59 Å².